The molecule has 3 aromatic carbocycles. The van der Waals surface area contributed by atoms with Crippen LogP contribution in [0.15, 0.2) is 84.9 Å². The highest BCUT2D eigenvalue weighted by Gasteiger charge is 2.38. The lowest BCUT2D eigenvalue weighted by molar-refractivity contribution is 0.288. The molecular formula is C30H33NO2. The van der Waals surface area contributed by atoms with Crippen LogP contribution in [0.2, 0.25) is 0 Å². The van der Waals surface area contributed by atoms with Crippen LogP contribution in [0, 0.1) is 11.8 Å². The molecule has 0 aromatic heterocycles. The lowest BCUT2D eigenvalue weighted by atomic mass is 9.77. The Labute approximate surface area is 197 Å². The van der Waals surface area contributed by atoms with E-state index in [0.29, 0.717) is 24.4 Å². The fourth-order valence-electron chi connectivity index (χ4n) is 4.92. The average molecular weight is 440 g/mol. The van der Waals surface area contributed by atoms with Crippen LogP contribution in [0.1, 0.15) is 55.3 Å². The van der Waals surface area contributed by atoms with Crippen LogP contribution in [0.5, 0.6) is 11.5 Å². The van der Waals surface area contributed by atoms with Gasteiger partial charge in [-0.25, -0.2) is 0 Å². The third-order valence-corrected chi connectivity index (χ3v) is 6.79. The van der Waals surface area contributed by atoms with Gasteiger partial charge in [0.15, 0.2) is 0 Å². The first-order valence-electron chi connectivity index (χ1n) is 12.1. The molecule has 0 amide bonds. The molecule has 0 bridgehead atoms. The Morgan fingerprint density at radius 2 is 1.70 bits per heavy atom. The van der Waals surface area contributed by atoms with E-state index in [9.17, 15) is 0 Å². The molecular weight excluding hydrogens is 406 g/mol. The SMILES string of the molecule is CC(C)CCOc1ccc2c(c1)C1C=CCC1C(c1ccc(OCc3ccccc3)cc1)N2. The summed E-state index contributed by atoms with van der Waals surface area (Å²) in [5.41, 5.74) is 5.06. The van der Waals surface area contributed by atoms with Gasteiger partial charge >= 0.3 is 0 Å². The highest BCUT2D eigenvalue weighted by atomic mass is 16.5. The van der Waals surface area contributed by atoms with Crippen molar-refractivity contribution >= 4 is 5.69 Å². The van der Waals surface area contributed by atoms with E-state index in [2.05, 4.69) is 85.9 Å². The largest absolute Gasteiger partial charge is 0.494 e. The van der Waals surface area contributed by atoms with E-state index in [0.717, 1.165) is 30.9 Å². The lowest BCUT2D eigenvalue weighted by Gasteiger charge is -2.37. The standard InChI is InChI=1S/C30H33NO2/c1-21(2)17-18-32-25-15-16-29-28(19-25)26-9-6-10-27(26)30(31-29)23-11-13-24(14-12-23)33-20-22-7-4-3-5-8-22/h3-9,11-16,19,21,26-27,30-31H,10,17-18,20H2,1-2H3. The van der Waals surface area contributed by atoms with Crippen molar-refractivity contribution in [1.82, 2.24) is 0 Å². The van der Waals surface area contributed by atoms with Crippen molar-refractivity contribution < 1.29 is 9.47 Å². The van der Waals surface area contributed by atoms with E-state index < -0.39 is 0 Å². The zero-order valence-corrected chi connectivity index (χ0v) is 19.5. The molecule has 3 unspecified atom stereocenters. The zero-order valence-electron chi connectivity index (χ0n) is 19.5. The van der Waals surface area contributed by atoms with Crippen molar-refractivity contribution in [2.75, 3.05) is 11.9 Å². The molecule has 3 heteroatoms. The normalized spacial score (nSPS) is 20.8. The molecule has 0 saturated heterocycles. The molecule has 1 aliphatic carbocycles. The van der Waals surface area contributed by atoms with Gasteiger partial charge in [-0.05, 0) is 71.7 Å². The molecule has 1 aliphatic heterocycles. The van der Waals surface area contributed by atoms with Crippen LogP contribution in [0.4, 0.5) is 5.69 Å². The molecule has 1 heterocycles. The van der Waals surface area contributed by atoms with Crippen LogP contribution >= 0.6 is 0 Å². The minimum Gasteiger partial charge on any atom is -0.494 e. The number of allylic oxidation sites excluding steroid dienone is 2. The van der Waals surface area contributed by atoms with Crippen LogP contribution in [-0.2, 0) is 6.61 Å². The van der Waals surface area contributed by atoms with Crippen LogP contribution in [-0.4, -0.2) is 6.61 Å². The summed E-state index contributed by atoms with van der Waals surface area (Å²) in [6.07, 6.45) is 6.89. The van der Waals surface area contributed by atoms with Gasteiger partial charge in [-0.2, -0.15) is 0 Å². The maximum atomic E-state index is 6.05. The fraction of sp³-hybridized carbons (Fsp3) is 0.333. The third-order valence-electron chi connectivity index (χ3n) is 6.79. The Kier molecular flexibility index (Phi) is 6.39. The van der Waals surface area contributed by atoms with Crippen LogP contribution < -0.4 is 14.8 Å². The summed E-state index contributed by atoms with van der Waals surface area (Å²) in [6.45, 7) is 5.83. The van der Waals surface area contributed by atoms with Crippen molar-refractivity contribution in [2.24, 2.45) is 11.8 Å². The number of hydrogen-bond acceptors (Lipinski definition) is 3. The number of fused-ring (bicyclic) bond motifs is 3. The van der Waals surface area contributed by atoms with Crippen molar-refractivity contribution in [1.29, 1.82) is 0 Å². The lowest BCUT2D eigenvalue weighted by Crippen LogP contribution is -2.29. The number of benzene rings is 3. The second-order valence-electron chi connectivity index (χ2n) is 9.60. The van der Waals surface area contributed by atoms with Crippen LogP contribution in [0.25, 0.3) is 0 Å². The molecule has 0 spiro atoms. The molecule has 33 heavy (non-hydrogen) atoms. The van der Waals surface area contributed by atoms with E-state index in [1.165, 1.54) is 22.4 Å². The number of hydrogen-bond donors (Lipinski definition) is 1. The molecule has 2 aliphatic rings. The molecule has 5 rings (SSSR count). The van der Waals surface area contributed by atoms with E-state index >= 15 is 0 Å². The number of anilines is 1. The summed E-state index contributed by atoms with van der Waals surface area (Å²) < 4.78 is 12.0. The van der Waals surface area contributed by atoms with E-state index in [1.807, 2.05) is 18.2 Å². The molecule has 0 fully saturated rings. The Morgan fingerprint density at radius 3 is 2.48 bits per heavy atom. The maximum absolute atomic E-state index is 6.05. The van der Waals surface area contributed by atoms with Gasteiger partial charge in [0.05, 0.1) is 12.6 Å². The topological polar surface area (TPSA) is 30.5 Å². The van der Waals surface area contributed by atoms with Gasteiger partial charge in [-0.3, -0.25) is 0 Å². The van der Waals surface area contributed by atoms with Crippen molar-refractivity contribution in [2.45, 2.75) is 45.3 Å². The molecule has 170 valence electrons. The number of ether oxygens (including phenoxy) is 2. The first-order chi connectivity index (χ1) is 16.2. The molecule has 0 saturated carbocycles. The second kappa shape index (κ2) is 9.74. The number of nitrogens with one attached hydrogen (secondary N) is 1. The maximum Gasteiger partial charge on any atom is 0.119 e. The smallest absolute Gasteiger partial charge is 0.119 e. The van der Waals surface area contributed by atoms with E-state index in [4.69, 9.17) is 9.47 Å². The fourth-order valence-corrected chi connectivity index (χ4v) is 4.92. The Balaban J connectivity index is 1.29. The molecule has 3 atom stereocenters. The second-order valence-corrected chi connectivity index (χ2v) is 9.60. The van der Waals surface area contributed by atoms with Gasteiger partial charge in [0.25, 0.3) is 0 Å². The Hall–Kier alpha value is -3.20. The predicted octanol–water partition coefficient (Wildman–Crippen LogP) is 7.52. The summed E-state index contributed by atoms with van der Waals surface area (Å²) in [6, 6.07) is 25.7. The summed E-state index contributed by atoms with van der Waals surface area (Å²) in [5, 5.41) is 3.83. The van der Waals surface area contributed by atoms with Gasteiger partial charge in [-0.15, -0.1) is 0 Å². The molecule has 1 N–H and O–H groups in total. The highest BCUT2D eigenvalue weighted by Crippen LogP contribution is 2.50. The molecule has 3 nitrogen and oxygen atoms in total. The summed E-state index contributed by atoms with van der Waals surface area (Å²) in [4.78, 5) is 0. The van der Waals surface area contributed by atoms with Gasteiger partial charge < -0.3 is 14.8 Å². The predicted molar refractivity (Wildman–Crippen MR) is 135 cm³/mol. The summed E-state index contributed by atoms with van der Waals surface area (Å²) in [7, 11) is 0. The minimum absolute atomic E-state index is 0.286. The van der Waals surface area contributed by atoms with Gasteiger partial charge in [0.2, 0.25) is 0 Å². The molecule has 0 radical (unpaired) electrons. The summed E-state index contributed by atoms with van der Waals surface area (Å²) >= 11 is 0. The summed E-state index contributed by atoms with van der Waals surface area (Å²) in [5.74, 6) is 3.48. The molecule has 3 aromatic rings. The number of rotatable bonds is 8. The quantitative estimate of drug-likeness (QED) is 0.368. The zero-order chi connectivity index (χ0) is 22.6. The monoisotopic (exact) mass is 439 g/mol. The van der Waals surface area contributed by atoms with Gasteiger partial charge in [0, 0.05) is 11.6 Å². The van der Waals surface area contributed by atoms with Crippen molar-refractivity contribution in [3.8, 4) is 11.5 Å². The van der Waals surface area contributed by atoms with Gasteiger partial charge in [-0.1, -0.05) is 68.5 Å². The van der Waals surface area contributed by atoms with Gasteiger partial charge in [0.1, 0.15) is 18.1 Å². The first-order valence-corrected chi connectivity index (χ1v) is 12.1. The van der Waals surface area contributed by atoms with Crippen molar-refractivity contribution in [3.05, 3.63) is 102 Å². The Morgan fingerprint density at radius 1 is 0.909 bits per heavy atom. The minimum atomic E-state index is 0.286. The first kappa shape index (κ1) is 21.6. The highest BCUT2D eigenvalue weighted by molar-refractivity contribution is 5.61. The van der Waals surface area contributed by atoms with E-state index in [-0.39, 0.29) is 6.04 Å². The van der Waals surface area contributed by atoms with Crippen LogP contribution in [0.3, 0.4) is 0 Å². The van der Waals surface area contributed by atoms with E-state index in [1.54, 1.807) is 0 Å². The third kappa shape index (κ3) is 4.93. The average Bonchev–Trinajstić information content (AvgIpc) is 3.34. The Bertz CT molecular complexity index is 1090. The van der Waals surface area contributed by atoms with Crippen molar-refractivity contribution in [3.63, 3.8) is 0 Å².